The lowest BCUT2D eigenvalue weighted by molar-refractivity contribution is -0.125. The number of amides is 1. The molecule has 6 heteroatoms. The van der Waals surface area contributed by atoms with Crippen LogP contribution in [-0.2, 0) is 4.79 Å². The number of nitrogens with one attached hydrogen (secondary N) is 3. The third-order valence-corrected chi connectivity index (χ3v) is 4.62. The van der Waals surface area contributed by atoms with Gasteiger partial charge in [-0.15, -0.1) is 0 Å². The van der Waals surface area contributed by atoms with E-state index < -0.39 is 0 Å². The van der Waals surface area contributed by atoms with Gasteiger partial charge in [0.15, 0.2) is 5.82 Å². The molecule has 0 saturated heterocycles. The van der Waals surface area contributed by atoms with E-state index in [2.05, 4.69) is 20.8 Å². The summed E-state index contributed by atoms with van der Waals surface area (Å²) in [4.78, 5) is 23.8. The lowest BCUT2D eigenvalue weighted by Gasteiger charge is -2.20. The average molecular weight is 328 g/mol. The number of anilines is 1. The fourth-order valence-electron chi connectivity index (χ4n) is 3.27. The van der Waals surface area contributed by atoms with Gasteiger partial charge in [0.2, 0.25) is 5.91 Å². The smallest absolute Gasteiger partial charge is 0.272 e. The summed E-state index contributed by atoms with van der Waals surface area (Å²) in [5, 5.41) is 14.3. The molecule has 0 aliphatic heterocycles. The third-order valence-electron chi connectivity index (χ3n) is 4.62. The van der Waals surface area contributed by atoms with Crippen molar-refractivity contribution >= 4 is 22.5 Å². The van der Waals surface area contributed by atoms with Crippen LogP contribution < -0.4 is 16.2 Å². The molecule has 1 aliphatic rings. The molecule has 1 aromatic carbocycles. The summed E-state index contributed by atoms with van der Waals surface area (Å²) >= 11 is 0. The van der Waals surface area contributed by atoms with Crippen molar-refractivity contribution in [3.63, 3.8) is 0 Å². The molecule has 6 nitrogen and oxygen atoms in total. The van der Waals surface area contributed by atoms with Crippen molar-refractivity contribution in [2.45, 2.75) is 38.5 Å². The average Bonchev–Trinajstić information content (AvgIpc) is 2.64. The van der Waals surface area contributed by atoms with Gasteiger partial charge in [0.05, 0.1) is 5.39 Å². The Hall–Kier alpha value is -2.37. The van der Waals surface area contributed by atoms with Gasteiger partial charge in [0, 0.05) is 24.4 Å². The van der Waals surface area contributed by atoms with Gasteiger partial charge in [-0.05, 0) is 25.3 Å². The van der Waals surface area contributed by atoms with Gasteiger partial charge in [-0.3, -0.25) is 9.59 Å². The number of rotatable bonds is 6. The van der Waals surface area contributed by atoms with Crippen molar-refractivity contribution in [3.8, 4) is 0 Å². The van der Waals surface area contributed by atoms with Crippen molar-refractivity contribution in [2.24, 2.45) is 5.92 Å². The van der Waals surface area contributed by atoms with E-state index in [0.29, 0.717) is 24.3 Å². The Labute approximate surface area is 141 Å². The quantitative estimate of drug-likeness (QED) is 0.711. The molecule has 1 saturated carbocycles. The molecule has 1 aromatic heterocycles. The Balaban J connectivity index is 1.46. The van der Waals surface area contributed by atoms with Crippen LogP contribution >= 0.6 is 0 Å². The first kappa shape index (κ1) is 16.5. The first-order chi connectivity index (χ1) is 11.8. The molecule has 0 atom stereocenters. The van der Waals surface area contributed by atoms with E-state index >= 15 is 0 Å². The second kappa shape index (κ2) is 7.95. The molecule has 24 heavy (non-hydrogen) atoms. The van der Waals surface area contributed by atoms with Crippen LogP contribution in [0.15, 0.2) is 29.1 Å². The van der Waals surface area contributed by atoms with E-state index in [0.717, 1.165) is 24.6 Å². The maximum absolute atomic E-state index is 12.1. The Kier molecular flexibility index (Phi) is 5.46. The lowest BCUT2D eigenvalue weighted by atomic mass is 9.89. The van der Waals surface area contributed by atoms with E-state index in [-0.39, 0.29) is 17.4 Å². The van der Waals surface area contributed by atoms with Crippen LogP contribution in [0.3, 0.4) is 0 Å². The molecule has 0 bridgehead atoms. The van der Waals surface area contributed by atoms with E-state index in [1.54, 1.807) is 6.07 Å². The highest BCUT2D eigenvalue weighted by Gasteiger charge is 2.20. The Morgan fingerprint density at radius 1 is 1.12 bits per heavy atom. The van der Waals surface area contributed by atoms with E-state index in [1.807, 2.05) is 18.2 Å². The fourth-order valence-corrected chi connectivity index (χ4v) is 3.27. The second-order valence-electron chi connectivity index (χ2n) is 6.35. The Bertz CT molecular complexity index is 750. The highest BCUT2D eigenvalue weighted by atomic mass is 16.2. The summed E-state index contributed by atoms with van der Waals surface area (Å²) in [6.07, 6.45) is 6.46. The topological polar surface area (TPSA) is 86.9 Å². The van der Waals surface area contributed by atoms with Gasteiger partial charge in [-0.1, -0.05) is 37.5 Å². The zero-order valence-corrected chi connectivity index (χ0v) is 13.8. The van der Waals surface area contributed by atoms with Crippen LogP contribution in [0.25, 0.3) is 10.8 Å². The van der Waals surface area contributed by atoms with Gasteiger partial charge in [-0.2, -0.15) is 5.10 Å². The molecule has 0 unspecified atom stereocenters. The summed E-state index contributed by atoms with van der Waals surface area (Å²) in [6, 6.07) is 7.39. The first-order valence-electron chi connectivity index (χ1n) is 8.75. The number of fused-ring (bicyclic) bond motifs is 1. The molecule has 1 fully saturated rings. The number of H-pyrrole nitrogens is 1. The minimum absolute atomic E-state index is 0.184. The lowest BCUT2D eigenvalue weighted by Crippen LogP contribution is -2.33. The molecular weight excluding hydrogens is 304 g/mol. The number of aromatic nitrogens is 2. The summed E-state index contributed by atoms with van der Waals surface area (Å²) in [5.41, 5.74) is -0.184. The maximum Gasteiger partial charge on any atom is 0.272 e. The molecule has 2 aromatic rings. The van der Waals surface area contributed by atoms with E-state index in [9.17, 15) is 9.59 Å². The molecular formula is C18H24N4O2. The zero-order chi connectivity index (χ0) is 16.8. The second-order valence-corrected chi connectivity index (χ2v) is 6.35. The molecule has 1 aliphatic carbocycles. The van der Waals surface area contributed by atoms with Crippen LogP contribution in [0.2, 0.25) is 0 Å². The maximum atomic E-state index is 12.1. The number of carbonyl (C=O) groups excluding carboxylic acids is 1. The monoisotopic (exact) mass is 328 g/mol. The minimum atomic E-state index is -0.184. The highest BCUT2D eigenvalue weighted by molar-refractivity contribution is 5.90. The molecule has 1 heterocycles. The molecule has 0 radical (unpaired) electrons. The van der Waals surface area contributed by atoms with Crippen LogP contribution in [0.5, 0.6) is 0 Å². The van der Waals surface area contributed by atoms with Gasteiger partial charge < -0.3 is 10.6 Å². The molecule has 0 spiro atoms. The van der Waals surface area contributed by atoms with Gasteiger partial charge in [0.1, 0.15) is 0 Å². The first-order valence-corrected chi connectivity index (χ1v) is 8.75. The number of carbonyl (C=O) groups is 1. The predicted molar refractivity (Wildman–Crippen MR) is 95.1 cm³/mol. The van der Waals surface area contributed by atoms with Crippen molar-refractivity contribution in [1.82, 2.24) is 15.5 Å². The molecule has 1 amide bonds. The molecule has 3 rings (SSSR count). The summed E-state index contributed by atoms with van der Waals surface area (Å²) in [6.45, 7) is 1.34. The van der Waals surface area contributed by atoms with Crippen LogP contribution in [-0.4, -0.2) is 29.2 Å². The van der Waals surface area contributed by atoms with Crippen molar-refractivity contribution in [2.75, 3.05) is 18.4 Å². The molecule has 3 N–H and O–H groups in total. The summed E-state index contributed by atoms with van der Waals surface area (Å²) in [5.74, 6) is 1.07. The normalized spacial score (nSPS) is 15.3. The SMILES string of the molecule is O=C(NCCCNc1n[nH]c(=O)c2ccccc12)C1CCCCC1. The van der Waals surface area contributed by atoms with Crippen LogP contribution in [0.4, 0.5) is 5.82 Å². The van der Waals surface area contributed by atoms with Gasteiger partial charge in [0.25, 0.3) is 5.56 Å². The molecule has 128 valence electrons. The zero-order valence-electron chi connectivity index (χ0n) is 13.8. The van der Waals surface area contributed by atoms with Crippen molar-refractivity contribution in [1.29, 1.82) is 0 Å². The van der Waals surface area contributed by atoms with Crippen LogP contribution in [0.1, 0.15) is 38.5 Å². The van der Waals surface area contributed by atoms with Crippen molar-refractivity contribution in [3.05, 3.63) is 34.6 Å². The number of hydrogen-bond acceptors (Lipinski definition) is 4. The Morgan fingerprint density at radius 2 is 1.88 bits per heavy atom. The number of benzene rings is 1. The van der Waals surface area contributed by atoms with Crippen LogP contribution in [0, 0.1) is 5.92 Å². The summed E-state index contributed by atoms with van der Waals surface area (Å²) in [7, 11) is 0. The summed E-state index contributed by atoms with van der Waals surface area (Å²) < 4.78 is 0. The van der Waals surface area contributed by atoms with Gasteiger partial charge >= 0.3 is 0 Å². The van der Waals surface area contributed by atoms with E-state index in [4.69, 9.17) is 0 Å². The number of aromatic amines is 1. The standard InChI is InChI=1S/C18H24N4O2/c23-17(13-7-2-1-3-8-13)20-12-6-11-19-16-14-9-4-5-10-15(14)18(24)22-21-16/h4-5,9-10,13H,1-3,6-8,11-12H2,(H,19,21)(H,20,23)(H,22,24). The Morgan fingerprint density at radius 3 is 2.67 bits per heavy atom. The van der Waals surface area contributed by atoms with Gasteiger partial charge in [-0.25, -0.2) is 5.10 Å². The number of nitrogens with zero attached hydrogens (tertiary/aromatic N) is 1. The third kappa shape index (κ3) is 3.93. The minimum Gasteiger partial charge on any atom is -0.368 e. The fraction of sp³-hybridized carbons (Fsp3) is 0.500. The van der Waals surface area contributed by atoms with E-state index in [1.165, 1.54) is 19.3 Å². The predicted octanol–water partition coefficient (Wildman–Crippen LogP) is 2.42. The number of hydrogen-bond donors (Lipinski definition) is 3. The highest BCUT2D eigenvalue weighted by Crippen LogP contribution is 2.23. The van der Waals surface area contributed by atoms with Crippen molar-refractivity contribution < 1.29 is 4.79 Å². The largest absolute Gasteiger partial charge is 0.368 e.